The number of rotatable bonds is 3. The van der Waals surface area contributed by atoms with Gasteiger partial charge in [0.1, 0.15) is 0 Å². The van der Waals surface area contributed by atoms with Gasteiger partial charge in [-0.2, -0.15) is 5.26 Å². The molecule has 0 amide bonds. The molecule has 3 rings (SSSR count). The van der Waals surface area contributed by atoms with E-state index in [1.807, 2.05) is 6.07 Å². The number of nitrogens with one attached hydrogen (secondary N) is 1. The fourth-order valence-electron chi connectivity index (χ4n) is 2.08. The van der Waals surface area contributed by atoms with Crippen LogP contribution in [0.2, 0.25) is 0 Å². The SMILES string of the molecule is COC(=O)c1csc(C(=O)c2c[nH]c3cc(C#N)ccc23)n1. The van der Waals surface area contributed by atoms with Crippen LogP contribution < -0.4 is 0 Å². The molecule has 2 aromatic heterocycles. The van der Waals surface area contributed by atoms with Crippen LogP contribution in [0.4, 0.5) is 0 Å². The van der Waals surface area contributed by atoms with E-state index in [-0.39, 0.29) is 16.5 Å². The van der Waals surface area contributed by atoms with Crippen molar-refractivity contribution in [3.63, 3.8) is 0 Å². The highest BCUT2D eigenvalue weighted by atomic mass is 32.1. The molecule has 3 aromatic rings. The highest BCUT2D eigenvalue weighted by Gasteiger charge is 2.20. The number of carbonyl (C=O) groups is 2. The Morgan fingerprint density at radius 3 is 2.95 bits per heavy atom. The zero-order chi connectivity index (χ0) is 15.7. The molecule has 0 saturated carbocycles. The van der Waals surface area contributed by atoms with Gasteiger partial charge in [0, 0.05) is 22.5 Å². The summed E-state index contributed by atoms with van der Waals surface area (Å²) >= 11 is 1.09. The van der Waals surface area contributed by atoms with Crippen LogP contribution in [0.25, 0.3) is 10.9 Å². The first-order valence-electron chi connectivity index (χ1n) is 6.24. The van der Waals surface area contributed by atoms with Gasteiger partial charge in [0.25, 0.3) is 0 Å². The largest absolute Gasteiger partial charge is 0.464 e. The fourth-order valence-corrected chi connectivity index (χ4v) is 2.82. The van der Waals surface area contributed by atoms with E-state index >= 15 is 0 Å². The van der Waals surface area contributed by atoms with Crippen molar-refractivity contribution in [1.82, 2.24) is 9.97 Å². The van der Waals surface area contributed by atoms with Crippen molar-refractivity contribution in [1.29, 1.82) is 5.26 Å². The minimum Gasteiger partial charge on any atom is -0.464 e. The van der Waals surface area contributed by atoms with E-state index in [2.05, 4.69) is 14.7 Å². The number of aromatic nitrogens is 2. The number of hydrogen-bond donors (Lipinski definition) is 1. The Hall–Kier alpha value is -2.98. The number of carbonyl (C=O) groups excluding carboxylic acids is 2. The third-order valence-corrected chi connectivity index (χ3v) is 3.99. The van der Waals surface area contributed by atoms with Gasteiger partial charge in [-0.05, 0) is 12.1 Å². The van der Waals surface area contributed by atoms with Gasteiger partial charge < -0.3 is 9.72 Å². The van der Waals surface area contributed by atoms with Crippen molar-refractivity contribution in [2.24, 2.45) is 0 Å². The Balaban J connectivity index is 2.00. The number of methoxy groups -OCH3 is 1. The average Bonchev–Trinajstić information content (AvgIpc) is 3.19. The quantitative estimate of drug-likeness (QED) is 0.592. The van der Waals surface area contributed by atoms with Crippen LogP contribution in [0, 0.1) is 11.3 Å². The minimum absolute atomic E-state index is 0.113. The number of fused-ring (bicyclic) bond motifs is 1. The summed E-state index contributed by atoms with van der Waals surface area (Å²) in [7, 11) is 1.26. The molecular weight excluding hydrogens is 302 g/mol. The highest BCUT2D eigenvalue weighted by Crippen LogP contribution is 2.23. The normalized spacial score (nSPS) is 10.4. The lowest BCUT2D eigenvalue weighted by molar-refractivity contribution is 0.0595. The summed E-state index contributed by atoms with van der Waals surface area (Å²) in [6, 6.07) is 7.08. The molecule has 0 radical (unpaired) electrons. The van der Waals surface area contributed by atoms with E-state index in [9.17, 15) is 9.59 Å². The number of benzene rings is 1. The second kappa shape index (κ2) is 5.42. The lowest BCUT2D eigenvalue weighted by Crippen LogP contribution is -2.04. The highest BCUT2D eigenvalue weighted by molar-refractivity contribution is 7.12. The van der Waals surface area contributed by atoms with Crippen LogP contribution in [0.5, 0.6) is 0 Å². The Morgan fingerprint density at radius 2 is 2.23 bits per heavy atom. The molecule has 1 aromatic carbocycles. The zero-order valence-corrected chi connectivity index (χ0v) is 12.2. The Bertz CT molecular complexity index is 933. The monoisotopic (exact) mass is 311 g/mol. The summed E-state index contributed by atoms with van der Waals surface area (Å²) in [5.41, 5.74) is 1.77. The number of hydrogen-bond acceptors (Lipinski definition) is 6. The van der Waals surface area contributed by atoms with Crippen LogP contribution >= 0.6 is 11.3 Å². The predicted molar refractivity (Wildman–Crippen MR) is 79.9 cm³/mol. The van der Waals surface area contributed by atoms with E-state index in [4.69, 9.17) is 5.26 Å². The molecule has 0 fully saturated rings. The maximum Gasteiger partial charge on any atom is 0.357 e. The molecule has 1 N–H and O–H groups in total. The first-order chi connectivity index (χ1) is 10.6. The van der Waals surface area contributed by atoms with Crippen LogP contribution in [0.15, 0.2) is 29.8 Å². The number of ketones is 1. The van der Waals surface area contributed by atoms with Gasteiger partial charge in [0.05, 0.1) is 24.3 Å². The number of aromatic amines is 1. The average molecular weight is 311 g/mol. The summed E-state index contributed by atoms with van der Waals surface area (Å²) in [6.07, 6.45) is 1.58. The van der Waals surface area contributed by atoms with E-state index < -0.39 is 5.97 Å². The fraction of sp³-hybridized carbons (Fsp3) is 0.0667. The molecule has 0 atom stereocenters. The van der Waals surface area contributed by atoms with Gasteiger partial charge in [0.15, 0.2) is 10.7 Å². The van der Waals surface area contributed by atoms with Crippen LogP contribution in [-0.4, -0.2) is 28.8 Å². The maximum absolute atomic E-state index is 12.5. The lowest BCUT2D eigenvalue weighted by Gasteiger charge is -1.96. The summed E-state index contributed by atoms with van der Waals surface area (Å²) in [5.74, 6) is -0.857. The molecule has 0 aliphatic heterocycles. The Labute approximate surface area is 129 Å². The molecule has 22 heavy (non-hydrogen) atoms. The van der Waals surface area contributed by atoms with E-state index in [0.717, 1.165) is 11.3 Å². The van der Waals surface area contributed by atoms with E-state index in [1.54, 1.807) is 24.4 Å². The zero-order valence-electron chi connectivity index (χ0n) is 11.4. The van der Waals surface area contributed by atoms with Crippen molar-refractivity contribution < 1.29 is 14.3 Å². The number of nitriles is 1. The van der Waals surface area contributed by atoms with Gasteiger partial charge in [0.2, 0.25) is 5.78 Å². The summed E-state index contributed by atoms with van der Waals surface area (Å²) in [4.78, 5) is 30.9. The van der Waals surface area contributed by atoms with Crippen LogP contribution in [0.3, 0.4) is 0 Å². The molecule has 0 spiro atoms. The second-order valence-corrected chi connectivity index (χ2v) is 5.29. The molecule has 108 valence electrons. The molecule has 7 heteroatoms. The Morgan fingerprint density at radius 1 is 1.41 bits per heavy atom. The predicted octanol–water partition coefficient (Wildman–Crippen LogP) is 2.51. The van der Waals surface area contributed by atoms with Crippen molar-refractivity contribution in [3.8, 4) is 6.07 Å². The summed E-state index contributed by atoms with van der Waals surface area (Å²) in [5, 5.41) is 11.3. The summed E-state index contributed by atoms with van der Waals surface area (Å²) < 4.78 is 4.57. The van der Waals surface area contributed by atoms with Gasteiger partial charge in [-0.1, -0.05) is 6.07 Å². The van der Waals surface area contributed by atoms with Gasteiger partial charge in [-0.15, -0.1) is 11.3 Å². The molecule has 6 nitrogen and oxygen atoms in total. The lowest BCUT2D eigenvalue weighted by atomic mass is 10.1. The van der Waals surface area contributed by atoms with Crippen LogP contribution in [-0.2, 0) is 4.74 Å². The minimum atomic E-state index is -0.576. The molecule has 2 heterocycles. The number of esters is 1. The molecule has 0 saturated heterocycles. The summed E-state index contributed by atoms with van der Waals surface area (Å²) in [6.45, 7) is 0. The second-order valence-electron chi connectivity index (χ2n) is 4.43. The number of nitrogens with zero attached hydrogens (tertiary/aromatic N) is 2. The topological polar surface area (TPSA) is 95.8 Å². The third kappa shape index (κ3) is 2.25. The smallest absolute Gasteiger partial charge is 0.357 e. The molecule has 0 aliphatic rings. The first-order valence-corrected chi connectivity index (χ1v) is 7.11. The van der Waals surface area contributed by atoms with Crippen molar-refractivity contribution in [2.75, 3.05) is 7.11 Å². The molecule has 0 unspecified atom stereocenters. The van der Waals surface area contributed by atoms with Gasteiger partial charge in [-0.25, -0.2) is 9.78 Å². The van der Waals surface area contributed by atoms with Crippen molar-refractivity contribution in [3.05, 3.63) is 51.6 Å². The van der Waals surface area contributed by atoms with Crippen LogP contribution in [0.1, 0.15) is 31.4 Å². The van der Waals surface area contributed by atoms with Crippen molar-refractivity contribution in [2.45, 2.75) is 0 Å². The van der Waals surface area contributed by atoms with E-state index in [1.165, 1.54) is 12.5 Å². The first kappa shape index (κ1) is 14.0. The van der Waals surface area contributed by atoms with E-state index in [0.29, 0.717) is 22.0 Å². The molecular formula is C15H9N3O3S. The standard InChI is InChI=1S/C15H9N3O3S/c1-21-15(20)12-7-22-14(18-12)13(19)10-6-17-11-4-8(5-16)2-3-9(10)11/h2-4,6-7,17H,1H3. The Kier molecular flexibility index (Phi) is 3.45. The van der Waals surface area contributed by atoms with Gasteiger partial charge >= 0.3 is 5.97 Å². The number of ether oxygens (including phenoxy) is 1. The van der Waals surface area contributed by atoms with Crippen molar-refractivity contribution >= 4 is 34.0 Å². The molecule has 0 bridgehead atoms. The maximum atomic E-state index is 12.5. The number of H-pyrrole nitrogens is 1. The third-order valence-electron chi connectivity index (χ3n) is 3.15. The number of thiazole rings is 1. The molecule has 0 aliphatic carbocycles. The van der Waals surface area contributed by atoms with Gasteiger partial charge in [-0.3, -0.25) is 4.79 Å².